The third-order valence-corrected chi connectivity index (χ3v) is 5.00. The maximum Gasteiger partial charge on any atom is 0.338 e. The molecule has 0 amide bonds. The number of hydrogen-bond donors (Lipinski definition) is 0. The number of benzene rings is 2. The van der Waals surface area contributed by atoms with Crippen LogP contribution in [0.15, 0.2) is 48.6 Å². The molecule has 2 aromatic carbocycles. The van der Waals surface area contributed by atoms with E-state index < -0.39 is 11.9 Å². The third kappa shape index (κ3) is 4.31. The molecule has 0 heterocycles. The van der Waals surface area contributed by atoms with Crippen molar-refractivity contribution in [3.8, 4) is 11.5 Å². The largest absolute Gasteiger partial charge is 0.422 e. The second-order valence-electron chi connectivity index (χ2n) is 8.00. The zero-order chi connectivity index (χ0) is 22.0. The molecule has 0 saturated heterocycles. The predicted octanol–water partition coefficient (Wildman–Crippen LogP) is 5.61. The number of ether oxygens (including phenoxy) is 3. The van der Waals surface area contributed by atoms with Gasteiger partial charge in [-0.3, -0.25) is 0 Å². The van der Waals surface area contributed by atoms with Crippen molar-refractivity contribution in [2.45, 2.75) is 59.2 Å². The van der Waals surface area contributed by atoms with Gasteiger partial charge in [0, 0.05) is 33.0 Å². The molecular formula is C25H28O5. The standard InChI is InChI=1S/C25H28O5/c1-14(2)24(26)29-22-17-10-7-8-11-18(17)23(30-25(27)15(3)4)21-19(22)12-9-13-20(21)28-16(5)6/h7-8,10-11,16,20H,1,3,9,12-13H2,2,4-6H3. The maximum atomic E-state index is 12.5. The maximum absolute atomic E-state index is 12.5. The van der Waals surface area contributed by atoms with Gasteiger partial charge in [0.05, 0.1) is 12.2 Å². The second kappa shape index (κ2) is 8.84. The van der Waals surface area contributed by atoms with E-state index in [1.54, 1.807) is 13.8 Å². The summed E-state index contributed by atoms with van der Waals surface area (Å²) in [4.78, 5) is 24.9. The van der Waals surface area contributed by atoms with E-state index in [9.17, 15) is 9.59 Å². The highest BCUT2D eigenvalue weighted by Gasteiger charge is 2.33. The lowest BCUT2D eigenvalue weighted by Crippen LogP contribution is -2.21. The molecule has 0 bridgehead atoms. The van der Waals surface area contributed by atoms with Gasteiger partial charge in [0.25, 0.3) is 0 Å². The molecule has 5 heteroatoms. The van der Waals surface area contributed by atoms with Gasteiger partial charge in [0.1, 0.15) is 11.5 Å². The summed E-state index contributed by atoms with van der Waals surface area (Å²) in [6.07, 6.45) is 2.06. The summed E-state index contributed by atoms with van der Waals surface area (Å²) in [7, 11) is 0. The van der Waals surface area contributed by atoms with Crippen LogP contribution in [0, 0.1) is 0 Å². The fourth-order valence-corrected chi connectivity index (χ4v) is 3.69. The van der Waals surface area contributed by atoms with E-state index in [0.717, 1.165) is 24.0 Å². The monoisotopic (exact) mass is 408 g/mol. The molecule has 0 saturated carbocycles. The summed E-state index contributed by atoms with van der Waals surface area (Å²) in [5, 5.41) is 1.40. The highest BCUT2D eigenvalue weighted by molar-refractivity contribution is 6.01. The Balaban J connectivity index is 2.32. The highest BCUT2D eigenvalue weighted by atomic mass is 16.5. The zero-order valence-electron chi connectivity index (χ0n) is 18.0. The van der Waals surface area contributed by atoms with Gasteiger partial charge in [-0.2, -0.15) is 0 Å². The lowest BCUT2D eigenvalue weighted by Gasteiger charge is -2.31. The van der Waals surface area contributed by atoms with E-state index in [2.05, 4.69) is 13.2 Å². The summed E-state index contributed by atoms with van der Waals surface area (Å²) in [6.45, 7) is 14.6. The summed E-state index contributed by atoms with van der Waals surface area (Å²) in [5.41, 5.74) is 2.23. The Kier molecular flexibility index (Phi) is 6.42. The van der Waals surface area contributed by atoms with Crippen molar-refractivity contribution >= 4 is 22.7 Å². The molecular weight excluding hydrogens is 380 g/mol. The number of carbonyl (C=O) groups excluding carboxylic acids is 2. The molecule has 1 atom stereocenters. The van der Waals surface area contributed by atoms with E-state index in [1.807, 2.05) is 38.1 Å². The zero-order valence-corrected chi connectivity index (χ0v) is 18.0. The molecule has 158 valence electrons. The van der Waals surface area contributed by atoms with Gasteiger partial charge in [0.2, 0.25) is 0 Å². The minimum absolute atomic E-state index is 0.0152. The molecule has 0 aromatic heterocycles. The lowest BCUT2D eigenvalue weighted by molar-refractivity contribution is -0.131. The number of rotatable bonds is 6. The SMILES string of the molecule is C=C(C)C(=O)Oc1c2c(c(OC(=O)C(=C)C)c3ccccc13)C(OC(C)C)CCC2. The number of carbonyl (C=O) groups is 2. The Labute approximate surface area is 177 Å². The molecule has 0 radical (unpaired) electrons. The van der Waals surface area contributed by atoms with Crippen LogP contribution in [0.25, 0.3) is 10.8 Å². The van der Waals surface area contributed by atoms with Crippen LogP contribution in [-0.4, -0.2) is 18.0 Å². The normalized spacial score (nSPS) is 15.6. The molecule has 0 aliphatic heterocycles. The molecule has 0 N–H and O–H groups in total. The van der Waals surface area contributed by atoms with E-state index in [4.69, 9.17) is 14.2 Å². The van der Waals surface area contributed by atoms with Crippen molar-refractivity contribution in [2.75, 3.05) is 0 Å². The number of hydrogen-bond acceptors (Lipinski definition) is 5. The lowest BCUT2D eigenvalue weighted by atomic mass is 9.85. The molecule has 1 aliphatic carbocycles. The molecule has 3 rings (SSSR count). The second-order valence-corrected chi connectivity index (χ2v) is 8.00. The first-order valence-corrected chi connectivity index (χ1v) is 10.2. The number of fused-ring (bicyclic) bond motifs is 2. The Morgan fingerprint density at radius 2 is 1.50 bits per heavy atom. The van der Waals surface area contributed by atoms with Crippen molar-refractivity contribution in [2.24, 2.45) is 0 Å². The first-order chi connectivity index (χ1) is 14.2. The minimum Gasteiger partial charge on any atom is -0.422 e. The van der Waals surface area contributed by atoms with Crippen molar-refractivity contribution in [1.82, 2.24) is 0 Å². The van der Waals surface area contributed by atoms with E-state index in [1.165, 1.54) is 0 Å². The molecule has 1 unspecified atom stereocenters. The summed E-state index contributed by atoms with van der Waals surface area (Å²) >= 11 is 0. The molecule has 2 aromatic rings. The summed E-state index contributed by atoms with van der Waals surface area (Å²) in [6, 6.07) is 7.44. The van der Waals surface area contributed by atoms with Crippen LogP contribution in [0.2, 0.25) is 0 Å². The van der Waals surface area contributed by atoms with Crippen LogP contribution < -0.4 is 9.47 Å². The van der Waals surface area contributed by atoms with Crippen LogP contribution in [0.5, 0.6) is 11.5 Å². The predicted molar refractivity (Wildman–Crippen MR) is 117 cm³/mol. The Hall–Kier alpha value is -2.92. The first-order valence-electron chi connectivity index (χ1n) is 10.2. The third-order valence-electron chi connectivity index (χ3n) is 5.00. The molecule has 0 spiro atoms. The van der Waals surface area contributed by atoms with Crippen molar-refractivity contribution in [1.29, 1.82) is 0 Å². The van der Waals surface area contributed by atoms with Gasteiger partial charge >= 0.3 is 11.9 Å². The van der Waals surface area contributed by atoms with Crippen molar-refractivity contribution < 1.29 is 23.8 Å². The topological polar surface area (TPSA) is 61.8 Å². The minimum atomic E-state index is -0.497. The van der Waals surface area contributed by atoms with Gasteiger partial charge in [-0.05, 0) is 47.0 Å². The highest BCUT2D eigenvalue weighted by Crippen LogP contribution is 2.49. The van der Waals surface area contributed by atoms with Gasteiger partial charge in [-0.15, -0.1) is 0 Å². The number of esters is 2. The van der Waals surface area contributed by atoms with Gasteiger partial charge in [-0.25, -0.2) is 9.59 Å². The van der Waals surface area contributed by atoms with Crippen LogP contribution in [0.4, 0.5) is 0 Å². The summed E-state index contributed by atoms with van der Waals surface area (Å²) < 4.78 is 17.8. The summed E-state index contributed by atoms with van der Waals surface area (Å²) in [5.74, 6) is -0.0429. The fraction of sp³-hybridized carbons (Fsp3) is 0.360. The fourth-order valence-electron chi connectivity index (χ4n) is 3.69. The van der Waals surface area contributed by atoms with Gasteiger partial charge in [-0.1, -0.05) is 37.4 Å². The molecule has 1 aliphatic rings. The van der Waals surface area contributed by atoms with E-state index in [0.29, 0.717) is 39.8 Å². The van der Waals surface area contributed by atoms with Crippen LogP contribution in [0.1, 0.15) is 57.8 Å². The van der Waals surface area contributed by atoms with Crippen LogP contribution in [-0.2, 0) is 20.7 Å². The average Bonchev–Trinajstić information content (AvgIpc) is 2.69. The molecule has 30 heavy (non-hydrogen) atoms. The average molecular weight is 408 g/mol. The van der Waals surface area contributed by atoms with Crippen LogP contribution in [0.3, 0.4) is 0 Å². The van der Waals surface area contributed by atoms with Crippen molar-refractivity contribution in [3.63, 3.8) is 0 Å². The van der Waals surface area contributed by atoms with Crippen LogP contribution >= 0.6 is 0 Å². The molecule has 5 nitrogen and oxygen atoms in total. The van der Waals surface area contributed by atoms with Gasteiger partial charge < -0.3 is 14.2 Å². The Morgan fingerprint density at radius 1 is 0.967 bits per heavy atom. The first kappa shape index (κ1) is 21.8. The van der Waals surface area contributed by atoms with E-state index in [-0.39, 0.29) is 12.2 Å². The Morgan fingerprint density at radius 3 is 2.03 bits per heavy atom. The van der Waals surface area contributed by atoms with Gasteiger partial charge in [0.15, 0.2) is 0 Å². The quantitative estimate of drug-likeness (QED) is 0.353. The molecule has 0 fully saturated rings. The van der Waals surface area contributed by atoms with E-state index >= 15 is 0 Å². The Bertz CT molecular complexity index is 1030. The smallest absolute Gasteiger partial charge is 0.338 e. The van der Waals surface area contributed by atoms with Crippen molar-refractivity contribution in [3.05, 3.63) is 59.7 Å².